The normalized spacial score (nSPS) is 13.7. The zero-order chi connectivity index (χ0) is 23.4. The fourth-order valence-electron chi connectivity index (χ4n) is 3.52. The summed E-state index contributed by atoms with van der Waals surface area (Å²) in [6.07, 6.45) is 0. The Kier molecular flexibility index (Phi) is 7.12. The van der Waals surface area contributed by atoms with E-state index in [9.17, 15) is 18.4 Å². The number of hydrogen-bond donors (Lipinski definition) is 1. The monoisotopic (exact) mass is 448 g/mol. The first-order valence-electron chi connectivity index (χ1n) is 10.2. The molecule has 1 saturated heterocycles. The van der Waals surface area contributed by atoms with Gasteiger partial charge in [0.2, 0.25) is 17.7 Å². The van der Waals surface area contributed by atoms with E-state index in [2.05, 4.69) is 15.0 Å². The minimum Gasteiger partial charge on any atom is -0.481 e. The average molecular weight is 448 g/mol. The number of halogens is 2. The molecule has 172 valence electrons. The van der Waals surface area contributed by atoms with Gasteiger partial charge in [-0.3, -0.25) is 9.69 Å². The lowest BCUT2D eigenvalue weighted by atomic mass is 9.98. The number of ether oxygens (including phenoxy) is 2. The molecule has 3 rings (SSSR count). The molecule has 8 nitrogen and oxygen atoms in total. The number of nitrogens with one attached hydrogen (secondary N) is 1. The number of para-hydroxylation sites is 1. The summed E-state index contributed by atoms with van der Waals surface area (Å²) in [5.74, 6) is -0.336. The predicted octanol–water partition coefficient (Wildman–Crippen LogP) is 4.08. The number of benzene rings is 1. The van der Waals surface area contributed by atoms with Crippen molar-refractivity contribution in [1.29, 1.82) is 0 Å². The molecule has 2 heterocycles. The molecule has 1 aromatic carbocycles. The number of aromatic nitrogens is 1. The van der Waals surface area contributed by atoms with Gasteiger partial charge in [-0.1, -0.05) is 32.0 Å². The minimum absolute atomic E-state index is 0.0223. The molecule has 0 saturated carbocycles. The van der Waals surface area contributed by atoms with Crippen LogP contribution in [-0.4, -0.2) is 54.7 Å². The van der Waals surface area contributed by atoms with Gasteiger partial charge >= 0.3 is 12.6 Å². The fraction of sp³-hybridized carbons (Fsp3) is 0.409. The van der Waals surface area contributed by atoms with Crippen molar-refractivity contribution in [2.45, 2.75) is 39.3 Å². The summed E-state index contributed by atoms with van der Waals surface area (Å²) in [4.78, 5) is 32.1. The first kappa shape index (κ1) is 23.2. The Labute approximate surface area is 185 Å². The first-order valence-corrected chi connectivity index (χ1v) is 10.2. The number of rotatable bonds is 7. The van der Waals surface area contributed by atoms with E-state index < -0.39 is 18.5 Å². The highest BCUT2D eigenvalue weighted by Gasteiger charge is 2.38. The quantitative estimate of drug-likeness (QED) is 0.690. The van der Waals surface area contributed by atoms with Gasteiger partial charge in [-0.05, 0) is 23.6 Å². The van der Waals surface area contributed by atoms with E-state index in [1.807, 2.05) is 38.1 Å². The molecule has 3 amide bonds. The number of likely N-dealkylation sites (tertiary alicyclic amines) is 1. The maximum atomic E-state index is 13.4. The standard InChI is InChI=1S/C22H26F2N4O4/c1-13(2)16-7-5-6-8-18(16)28(15-11-27(12-15)14(3)29)22(30)25-17-9-10-19(31-4)26-20(17)32-21(23)24/h5-10,13,15,21H,11-12H2,1-4H3,(H,25,30). The van der Waals surface area contributed by atoms with Crippen LogP contribution >= 0.6 is 0 Å². The van der Waals surface area contributed by atoms with Crippen molar-refractivity contribution >= 4 is 23.3 Å². The van der Waals surface area contributed by atoms with Crippen molar-refractivity contribution in [2.75, 3.05) is 30.4 Å². The zero-order valence-electron chi connectivity index (χ0n) is 18.3. The topological polar surface area (TPSA) is 84.0 Å². The lowest BCUT2D eigenvalue weighted by molar-refractivity contribution is -0.132. The number of carbonyl (C=O) groups is 2. The zero-order valence-corrected chi connectivity index (χ0v) is 18.3. The van der Waals surface area contributed by atoms with Gasteiger partial charge in [-0.15, -0.1) is 0 Å². The summed E-state index contributed by atoms with van der Waals surface area (Å²) in [6, 6.07) is 9.47. The SMILES string of the molecule is COc1ccc(NC(=O)N(c2ccccc2C(C)C)C2CN(C(C)=O)C2)c(OC(F)F)n1. The predicted molar refractivity (Wildman–Crippen MR) is 115 cm³/mol. The van der Waals surface area contributed by atoms with E-state index in [0.717, 1.165) is 5.56 Å². The van der Waals surface area contributed by atoms with E-state index in [4.69, 9.17) is 4.74 Å². The van der Waals surface area contributed by atoms with Crippen molar-refractivity contribution in [3.8, 4) is 11.8 Å². The summed E-state index contributed by atoms with van der Waals surface area (Å²) in [5, 5.41) is 2.63. The molecule has 0 bridgehead atoms. The smallest absolute Gasteiger partial charge is 0.388 e. The third-order valence-electron chi connectivity index (χ3n) is 5.20. The van der Waals surface area contributed by atoms with E-state index in [1.165, 1.54) is 26.2 Å². The van der Waals surface area contributed by atoms with Crippen LogP contribution in [0.3, 0.4) is 0 Å². The molecule has 1 aliphatic heterocycles. The fourth-order valence-corrected chi connectivity index (χ4v) is 3.52. The van der Waals surface area contributed by atoms with E-state index in [1.54, 1.807) is 9.80 Å². The summed E-state index contributed by atoms with van der Waals surface area (Å²) < 4.78 is 35.2. The molecule has 0 unspecified atom stereocenters. The largest absolute Gasteiger partial charge is 0.481 e. The summed E-state index contributed by atoms with van der Waals surface area (Å²) in [6.45, 7) is 3.12. The molecule has 1 aromatic heterocycles. The van der Waals surface area contributed by atoms with Crippen molar-refractivity contribution in [3.05, 3.63) is 42.0 Å². The van der Waals surface area contributed by atoms with Crippen LogP contribution < -0.4 is 19.7 Å². The van der Waals surface area contributed by atoms with Gasteiger partial charge in [0.05, 0.1) is 13.2 Å². The van der Waals surface area contributed by atoms with Gasteiger partial charge in [0.25, 0.3) is 0 Å². The Balaban J connectivity index is 1.94. The third-order valence-corrected chi connectivity index (χ3v) is 5.20. The molecule has 0 spiro atoms. The van der Waals surface area contributed by atoms with E-state index >= 15 is 0 Å². The molecule has 0 atom stereocenters. The lowest BCUT2D eigenvalue weighted by Gasteiger charge is -2.45. The van der Waals surface area contributed by atoms with Gasteiger partial charge in [0.1, 0.15) is 5.69 Å². The summed E-state index contributed by atoms with van der Waals surface area (Å²) in [5.41, 5.74) is 1.61. The second kappa shape index (κ2) is 9.80. The van der Waals surface area contributed by atoms with Crippen LogP contribution in [0.1, 0.15) is 32.3 Å². The highest BCUT2D eigenvalue weighted by Crippen LogP contribution is 2.33. The van der Waals surface area contributed by atoms with Crippen LogP contribution in [0.4, 0.5) is 25.0 Å². The molecule has 32 heavy (non-hydrogen) atoms. The van der Waals surface area contributed by atoms with Crippen LogP contribution in [0.15, 0.2) is 36.4 Å². The number of hydrogen-bond acceptors (Lipinski definition) is 5. The lowest BCUT2D eigenvalue weighted by Crippen LogP contribution is -2.63. The Bertz CT molecular complexity index is 980. The third kappa shape index (κ3) is 5.06. The van der Waals surface area contributed by atoms with Crippen LogP contribution in [0, 0.1) is 0 Å². The molecule has 0 aliphatic carbocycles. The maximum Gasteiger partial charge on any atom is 0.388 e. The second-order valence-electron chi connectivity index (χ2n) is 7.68. The average Bonchev–Trinajstić information content (AvgIpc) is 2.70. The van der Waals surface area contributed by atoms with Gasteiger partial charge < -0.3 is 19.7 Å². The van der Waals surface area contributed by atoms with Crippen LogP contribution in [0.5, 0.6) is 11.8 Å². The van der Waals surface area contributed by atoms with Crippen molar-refractivity contribution in [2.24, 2.45) is 0 Å². The Morgan fingerprint density at radius 3 is 2.47 bits per heavy atom. The number of amides is 3. The molecule has 1 aliphatic rings. The number of urea groups is 1. The number of anilines is 2. The second-order valence-corrected chi connectivity index (χ2v) is 7.68. The van der Waals surface area contributed by atoms with Crippen LogP contribution in [-0.2, 0) is 4.79 Å². The number of methoxy groups -OCH3 is 1. The number of nitrogens with zero attached hydrogens (tertiary/aromatic N) is 3. The summed E-state index contributed by atoms with van der Waals surface area (Å²) in [7, 11) is 1.34. The van der Waals surface area contributed by atoms with Gasteiger partial charge in [0, 0.05) is 31.8 Å². The minimum atomic E-state index is -3.13. The van der Waals surface area contributed by atoms with E-state index in [-0.39, 0.29) is 29.4 Å². The molecule has 10 heteroatoms. The number of carbonyl (C=O) groups excluding carboxylic acids is 2. The van der Waals surface area contributed by atoms with Gasteiger partial charge in [0.15, 0.2) is 0 Å². The van der Waals surface area contributed by atoms with Gasteiger partial charge in [-0.2, -0.15) is 13.8 Å². The first-order chi connectivity index (χ1) is 15.2. The van der Waals surface area contributed by atoms with Gasteiger partial charge in [-0.25, -0.2) is 4.79 Å². The van der Waals surface area contributed by atoms with E-state index in [0.29, 0.717) is 18.8 Å². The molecule has 1 N–H and O–H groups in total. The maximum absolute atomic E-state index is 13.4. The number of alkyl halides is 2. The molecule has 0 radical (unpaired) electrons. The van der Waals surface area contributed by atoms with Crippen molar-refractivity contribution in [1.82, 2.24) is 9.88 Å². The van der Waals surface area contributed by atoms with Crippen molar-refractivity contribution < 1.29 is 27.8 Å². The molecular weight excluding hydrogens is 422 g/mol. The van der Waals surface area contributed by atoms with Crippen LogP contribution in [0.25, 0.3) is 0 Å². The van der Waals surface area contributed by atoms with Crippen molar-refractivity contribution in [3.63, 3.8) is 0 Å². The summed E-state index contributed by atoms with van der Waals surface area (Å²) >= 11 is 0. The molecular formula is C22H26F2N4O4. The number of pyridine rings is 1. The van der Waals surface area contributed by atoms with Crippen LogP contribution in [0.2, 0.25) is 0 Å². The Morgan fingerprint density at radius 1 is 1.19 bits per heavy atom. The highest BCUT2D eigenvalue weighted by atomic mass is 19.3. The molecule has 1 fully saturated rings. The Hall–Kier alpha value is -3.43. The highest BCUT2D eigenvalue weighted by molar-refractivity contribution is 6.03. The Morgan fingerprint density at radius 2 is 1.88 bits per heavy atom. The molecule has 2 aromatic rings.